The van der Waals surface area contributed by atoms with Gasteiger partial charge in [0, 0.05) is 6.04 Å². The van der Waals surface area contributed by atoms with E-state index >= 15 is 0 Å². The van der Waals surface area contributed by atoms with Crippen molar-refractivity contribution in [2.45, 2.75) is 52.0 Å². The third-order valence-corrected chi connectivity index (χ3v) is 4.54. The molecule has 1 saturated carbocycles. The standard InChI is InChI=1S/C17H25F2N/c1-3-20-17(13-6-4-12(2)5-7-13)11-14-10-15(18)8-9-16(14)19/h8-10,12-13,17,20H,3-7,11H2,1-2H3. The minimum Gasteiger partial charge on any atom is -0.314 e. The average molecular weight is 281 g/mol. The van der Waals surface area contributed by atoms with Gasteiger partial charge in [0.15, 0.2) is 0 Å². The lowest BCUT2D eigenvalue weighted by Gasteiger charge is -2.33. The second-order valence-electron chi connectivity index (χ2n) is 6.12. The first-order chi connectivity index (χ1) is 9.60. The maximum atomic E-state index is 13.8. The summed E-state index contributed by atoms with van der Waals surface area (Å²) in [6.45, 7) is 5.23. The highest BCUT2D eigenvalue weighted by Gasteiger charge is 2.26. The van der Waals surface area contributed by atoms with Crippen LogP contribution in [0.2, 0.25) is 0 Å². The van der Waals surface area contributed by atoms with Gasteiger partial charge in [0.1, 0.15) is 11.6 Å². The molecular formula is C17H25F2N. The zero-order valence-corrected chi connectivity index (χ0v) is 12.5. The molecule has 1 aromatic carbocycles. The summed E-state index contributed by atoms with van der Waals surface area (Å²) in [7, 11) is 0. The summed E-state index contributed by atoms with van der Waals surface area (Å²) in [5.41, 5.74) is 0.495. The van der Waals surface area contributed by atoms with E-state index in [1.165, 1.54) is 43.9 Å². The minimum atomic E-state index is -0.353. The Kier molecular flexibility index (Phi) is 5.53. The minimum absolute atomic E-state index is 0.254. The summed E-state index contributed by atoms with van der Waals surface area (Å²) in [4.78, 5) is 0. The Bertz CT molecular complexity index is 425. The molecule has 1 nitrogen and oxygen atoms in total. The van der Waals surface area contributed by atoms with Crippen LogP contribution in [0, 0.1) is 23.5 Å². The van der Waals surface area contributed by atoms with Gasteiger partial charge in [-0.25, -0.2) is 8.78 Å². The monoisotopic (exact) mass is 281 g/mol. The molecule has 0 radical (unpaired) electrons. The van der Waals surface area contributed by atoms with Crippen LogP contribution in [-0.4, -0.2) is 12.6 Å². The molecule has 20 heavy (non-hydrogen) atoms. The van der Waals surface area contributed by atoms with E-state index in [1.54, 1.807) is 0 Å². The number of hydrogen-bond donors (Lipinski definition) is 1. The molecule has 0 aromatic heterocycles. The molecule has 0 aliphatic heterocycles. The van der Waals surface area contributed by atoms with E-state index in [1.807, 2.05) is 0 Å². The van der Waals surface area contributed by atoms with Gasteiger partial charge in [0.05, 0.1) is 0 Å². The van der Waals surface area contributed by atoms with Gasteiger partial charge in [-0.3, -0.25) is 0 Å². The molecule has 2 rings (SSSR count). The van der Waals surface area contributed by atoms with Crippen molar-refractivity contribution in [2.75, 3.05) is 6.54 Å². The summed E-state index contributed by atoms with van der Waals surface area (Å²) in [5.74, 6) is 0.737. The lowest BCUT2D eigenvalue weighted by Crippen LogP contribution is -2.39. The third kappa shape index (κ3) is 4.02. The Hall–Kier alpha value is -0.960. The number of hydrogen-bond acceptors (Lipinski definition) is 1. The maximum absolute atomic E-state index is 13.8. The molecule has 1 aliphatic carbocycles. The van der Waals surface area contributed by atoms with Crippen LogP contribution in [0.4, 0.5) is 8.78 Å². The highest BCUT2D eigenvalue weighted by molar-refractivity contribution is 5.20. The summed E-state index contributed by atoms with van der Waals surface area (Å²) >= 11 is 0. The first kappa shape index (κ1) is 15.4. The van der Waals surface area contributed by atoms with Crippen LogP contribution < -0.4 is 5.32 Å². The van der Waals surface area contributed by atoms with Crippen molar-refractivity contribution >= 4 is 0 Å². The van der Waals surface area contributed by atoms with Gasteiger partial charge < -0.3 is 5.32 Å². The van der Waals surface area contributed by atoms with Gasteiger partial charge in [-0.15, -0.1) is 0 Å². The lowest BCUT2D eigenvalue weighted by atomic mass is 9.77. The molecule has 1 atom stereocenters. The average Bonchev–Trinajstić information content (AvgIpc) is 2.43. The Morgan fingerprint density at radius 3 is 2.55 bits per heavy atom. The fourth-order valence-corrected chi connectivity index (χ4v) is 3.29. The summed E-state index contributed by atoms with van der Waals surface area (Å²) < 4.78 is 27.1. The molecule has 1 aromatic rings. The van der Waals surface area contributed by atoms with Gasteiger partial charge in [0.2, 0.25) is 0 Å². The smallest absolute Gasteiger partial charge is 0.126 e. The summed E-state index contributed by atoms with van der Waals surface area (Å²) in [6, 6.07) is 4.01. The maximum Gasteiger partial charge on any atom is 0.126 e. The highest BCUT2D eigenvalue weighted by Crippen LogP contribution is 2.31. The molecule has 1 unspecified atom stereocenters. The predicted octanol–water partition coefficient (Wildman–Crippen LogP) is 4.31. The van der Waals surface area contributed by atoms with Gasteiger partial charge >= 0.3 is 0 Å². The van der Waals surface area contributed by atoms with E-state index in [4.69, 9.17) is 0 Å². The molecule has 0 spiro atoms. The number of nitrogens with one attached hydrogen (secondary N) is 1. The van der Waals surface area contributed by atoms with Crippen molar-refractivity contribution in [3.05, 3.63) is 35.4 Å². The SMILES string of the molecule is CCNC(Cc1cc(F)ccc1F)C1CCC(C)CC1. The van der Waals surface area contributed by atoms with Crippen molar-refractivity contribution < 1.29 is 8.78 Å². The van der Waals surface area contributed by atoms with E-state index < -0.39 is 0 Å². The van der Waals surface area contributed by atoms with Crippen LogP contribution in [0.5, 0.6) is 0 Å². The molecule has 3 heteroatoms. The molecule has 112 valence electrons. The van der Waals surface area contributed by atoms with Gasteiger partial charge in [-0.1, -0.05) is 26.7 Å². The largest absolute Gasteiger partial charge is 0.314 e. The molecule has 0 saturated heterocycles. The second kappa shape index (κ2) is 7.16. The number of rotatable bonds is 5. The molecule has 1 fully saturated rings. The van der Waals surface area contributed by atoms with Crippen molar-refractivity contribution in [1.29, 1.82) is 0 Å². The lowest BCUT2D eigenvalue weighted by molar-refractivity contribution is 0.229. The number of benzene rings is 1. The van der Waals surface area contributed by atoms with E-state index in [9.17, 15) is 8.78 Å². The Morgan fingerprint density at radius 1 is 1.20 bits per heavy atom. The molecule has 0 heterocycles. The number of likely N-dealkylation sites (N-methyl/N-ethyl adjacent to an activating group) is 1. The first-order valence-electron chi connectivity index (χ1n) is 7.77. The van der Waals surface area contributed by atoms with Crippen molar-refractivity contribution in [3.63, 3.8) is 0 Å². The molecular weight excluding hydrogens is 256 g/mol. The van der Waals surface area contributed by atoms with Crippen LogP contribution in [0.3, 0.4) is 0 Å². The van der Waals surface area contributed by atoms with Gasteiger partial charge in [-0.2, -0.15) is 0 Å². The highest BCUT2D eigenvalue weighted by atomic mass is 19.1. The quantitative estimate of drug-likeness (QED) is 0.848. The van der Waals surface area contributed by atoms with Crippen LogP contribution >= 0.6 is 0 Å². The Balaban J connectivity index is 2.06. The van der Waals surface area contributed by atoms with E-state index in [2.05, 4.69) is 19.2 Å². The number of halogens is 2. The molecule has 0 amide bonds. The third-order valence-electron chi connectivity index (χ3n) is 4.54. The Labute approximate surface area is 120 Å². The first-order valence-corrected chi connectivity index (χ1v) is 7.77. The zero-order chi connectivity index (χ0) is 14.5. The fourth-order valence-electron chi connectivity index (χ4n) is 3.29. The topological polar surface area (TPSA) is 12.0 Å². The van der Waals surface area contributed by atoms with Crippen LogP contribution in [0.15, 0.2) is 18.2 Å². The predicted molar refractivity (Wildman–Crippen MR) is 78.6 cm³/mol. The summed E-state index contributed by atoms with van der Waals surface area (Å²) in [5, 5.41) is 3.47. The van der Waals surface area contributed by atoms with Crippen LogP contribution in [0.1, 0.15) is 45.1 Å². The van der Waals surface area contributed by atoms with Crippen molar-refractivity contribution in [2.24, 2.45) is 11.8 Å². The Morgan fingerprint density at radius 2 is 1.90 bits per heavy atom. The van der Waals surface area contributed by atoms with Crippen molar-refractivity contribution in [3.8, 4) is 0 Å². The van der Waals surface area contributed by atoms with Crippen LogP contribution in [0.25, 0.3) is 0 Å². The molecule has 0 bridgehead atoms. The molecule has 1 aliphatic rings. The van der Waals surface area contributed by atoms with Crippen LogP contribution in [-0.2, 0) is 6.42 Å². The molecule has 1 N–H and O–H groups in total. The van der Waals surface area contributed by atoms with E-state index in [0.29, 0.717) is 17.9 Å². The summed E-state index contributed by atoms with van der Waals surface area (Å²) in [6.07, 6.45) is 5.46. The van der Waals surface area contributed by atoms with Crippen molar-refractivity contribution in [1.82, 2.24) is 5.32 Å². The second-order valence-corrected chi connectivity index (χ2v) is 6.12. The van der Waals surface area contributed by atoms with Gasteiger partial charge in [-0.05, 0) is 61.4 Å². The fraction of sp³-hybridized carbons (Fsp3) is 0.647. The van der Waals surface area contributed by atoms with E-state index in [-0.39, 0.29) is 17.7 Å². The van der Waals surface area contributed by atoms with E-state index in [0.717, 1.165) is 12.5 Å². The normalized spacial score (nSPS) is 24.6. The van der Waals surface area contributed by atoms with Gasteiger partial charge in [0.25, 0.3) is 0 Å². The zero-order valence-electron chi connectivity index (χ0n) is 12.5.